The van der Waals surface area contributed by atoms with Crippen LogP contribution in [0.25, 0.3) is 0 Å². The Bertz CT molecular complexity index is 486. The Labute approximate surface area is 113 Å². The van der Waals surface area contributed by atoms with Crippen LogP contribution in [0.5, 0.6) is 0 Å². The number of aryl methyl sites for hydroxylation is 1. The topological polar surface area (TPSA) is 67.2 Å². The average molecular weight is 265 g/mol. The molecule has 5 nitrogen and oxygen atoms in total. The fraction of sp³-hybridized carbons (Fsp3) is 0.714. The molecule has 0 spiro atoms. The molecule has 1 aliphatic carbocycles. The van der Waals surface area contributed by atoms with E-state index in [9.17, 15) is 9.90 Å². The Morgan fingerprint density at radius 1 is 1.63 bits per heavy atom. The lowest BCUT2D eigenvalue weighted by Crippen LogP contribution is -2.47. The van der Waals surface area contributed by atoms with Crippen molar-refractivity contribution in [3.8, 4) is 0 Å². The number of nitrogens with one attached hydrogen (secondary N) is 1. The molecule has 2 unspecified atom stereocenters. The number of nitrogens with zero attached hydrogens (tertiary/aromatic N) is 2. The van der Waals surface area contributed by atoms with E-state index < -0.39 is 5.54 Å². The first-order valence-corrected chi connectivity index (χ1v) is 7.05. The first-order chi connectivity index (χ1) is 9.10. The normalized spacial score (nSPS) is 27.2. The zero-order valence-electron chi connectivity index (χ0n) is 11.7. The second kappa shape index (κ2) is 5.74. The van der Waals surface area contributed by atoms with Gasteiger partial charge in [0.2, 0.25) is 0 Å². The lowest BCUT2D eigenvalue weighted by Gasteiger charge is -2.39. The zero-order chi connectivity index (χ0) is 13.9. The molecule has 2 atom stereocenters. The fourth-order valence-corrected chi connectivity index (χ4v) is 2.99. The van der Waals surface area contributed by atoms with Crippen LogP contribution in [0.3, 0.4) is 0 Å². The molecule has 0 bridgehead atoms. The summed E-state index contributed by atoms with van der Waals surface area (Å²) in [6.07, 6.45) is 7.34. The van der Waals surface area contributed by atoms with Crippen molar-refractivity contribution in [1.29, 1.82) is 0 Å². The van der Waals surface area contributed by atoms with Crippen molar-refractivity contribution in [2.24, 2.45) is 5.92 Å². The van der Waals surface area contributed by atoms with Crippen molar-refractivity contribution >= 4 is 5.82 Å². The summed E-state index contributed by atoms with van der Waals surface area (Å²) in [5.41, 5.74) is -0.507. The van der Waals surface area contributed by atoms with Gasteiger partial charge in [-0.25, -0.2) is 4.98 Å². The largest absolute Gasteiger partial charge is 0.394 e. The summed E-state index contributed by atoms with van der Waals surface area (Å²) in [5, 5.41) is 13.0. The lowest BCUT2D eigenvalue weighted by atomic mass is 9.77. The summed E-state index contributed by atoms with van der Waals surface area (Å²) in [5.74, 6) is 0.915. The minimum absolute atomic E-state index is 0.0412. The number of hydrogen-bond acceptors (Lipinski definition) is 4. The van der Waals surface area contributed by atoms with Gasteiger partial charge in [0.1, 0.15) is 0 Å². The maximum Gasteiger partial charge on any atom is 0.293 e. The third-order valence-corrected chi connectivity index (χ3v) is 4.03. The van der Waals surface area contributed by atoms with Crippen LogP contribution in [0.1, 0.15) is 39.5 Å². The highest BCUT2D eigenvalue weighted by Crippen LogP contribution is 2.33. The average Bonchev–Trinajstić information content (AvgIpc) is 2.41. The standard InChI is InChI=1S/C14H23N3O2/c1-3-17-8-7-15-12(13(17)19)16-14(10-18)6-4-5-11(2)9-14/h7-8,11,18H,3-6,9-10H2,1-2H3,(H,15,16). The zero-order valence-corrected chi connectivity index (χ0v) is 11.7. The molecule has 2 rings (SSSR count). The molecule has 1 fully saturated rings. The van der Waals surface area contributed by atoms with Crippen LogP contribution in [0.4, 0.5) is 5.82 Å². The van der Waals surface area contributed by atoms with Gasteiger partial charge in [-0.2, -0.15) is 0 Å². The van der Waals surface area contributed by atoms with E-state index in [-0.39, 0.29) is 12.2 Å². The Kier molecular flexibility index (Phi) is 4.24. The Morgan fingerprint density at radius 3 is 3.05 bits per heavy atom. The fourth-order valence-electron chi connectivity index (χ4n) is 2.99. The predicted molar refractivity (Wildman–Crippen MR) is 75.2 cm³/mol. The van der Waals surface area contributed by atoms with Crippen LogP contribution < -0.4 is 10.9 Å². The predicted octanol–water partition coefficient (Wildman–Crippen LogP) is 1.62. The van der Waals surface area contributed by atoms with Crippen molar-refractivity contribution in [3.05, 3.63) is 22.7 Å². The Morgan fingerprint density at radius 2 is 2.42 bits per heavy atom. The van der Waals surface area contributed by atoms with E-state index in [1.54, 1.807) is 17.0 Å². The van der Waals surface area contributed by atoms with Crippen molar-refractivity contribution < 1.29 is 5.11 Å². The molecule has 5 heteroatoms. The second-order valence-corrected chi connectivity index (χ2v) is 5.63. The summed E-state index contributed by atoms with van der Waals surface area (Å²) >= 11 is 0. The molecule has 1 aromatic heterocycles. The van der Waals surface area contributed by atoms with Gasteiger partial charge in [0, 0.05) is 18.9 Å². The van der Waals surface area contributed by atoms with Crippen molar-refractivity contribution in [3.63, 3.8) is 0 Å². The highest BCUT2D eigenvalue weighted by atomic mass is 16.3. The second-order valence-electron chi connectivity index (χ2n) is 5.63. The summed E-state index contributed by atoms with van der Waals surface area (Å²) in [4.78, 5) is 16.3. The first kappa shape index (κ1) is 14.1. The monoisotopic (exact) mass is 265 g/mol. The number of rotatable bonds is 4. The molecule has 106 valence electrons. The molecule has 0 aromatic carbocycles. The van der Waals surface area contributed by atoms with Gasteiger partial charge in [-0.15, -0.1) is 0 Å². The Hall–Kier alpha value is -1.36. The van der Waals surface area contributed by atoms with Gasteiger partial charge in [0.05, 0.1) is 12.1 Å². The first-order valence-electron chi connectivity index (χ1n) is 7.05. The van der Waals surface area contributed by atoms with Gasteiger partial charge in [-0.1, -0.05) is 19.8 Å². The van der Waals surface area contributed by atoms with Crippen molar-refractivity contribution in [1.82, 2.24) is 9.55 Å². The minimum Gasteiger partial charge on any atom is -0.394 e. The van der Waals surface area contributed by atoms with E-state index >= 15 is 0 Å². The molecule has 1 aromatic rings. The maximum absolute atomic E-state index is 12.2. The molecule has 0 saturated heterocycles. The van der Waals surface area contributed by atoms with E-state index in [1.807, 2.05) is 6.92 Å². The van der Waals surface area contributed by atoms with E-state index in [2.05, 4.69) is 17.2 Å². The van der Waals surface area contributed by atoms with E-state index in [0.717, 1.165) is 19.3 Å². The van der Waals surface area contributed by atoms with Crippen LogP contribution in [-0.4, -0.2) is 26.8 Å². The lowest BCUT2D eigenvalue weighted by molar-refractivity contribution is 0.149. The molecule has 0 aliphatic heterocycles. The van der Waals surface area contributed by atoms with Crippen LogP contribution in [0.2, 0.25) is 0 Å². The van der Waals surface area contributed by atoms with Crippen LogP contribution in [0.15, 0.2) is 17.2 Å². The highest BCUT2D eigenvalue weighted by molar-refractivity contribution is 5.35. The number of hydrogen-bond donors (Lipinski definition) is 2. The Balaban J connectivity index is 2.25. The number of aromatic nitrogens is 2. The van der Waals surface area contributed by atoms with Gasteiger partial charge in [-0.05, 0) is 25.7 Å². The van der Waals surface area contributed by atoms with Gasteiger partial charge >= 0.3 is 0 Å². The van der Waals surface area contributed by atoms with Crippen LogP contribution in [0, 0.1) is 5.92 Å². The molecular formula is C14H23N3O2. The quantitative estimate of drug-likeness (QED) is 0.868. The van der Waals surface area contributed by atoms with Gasteiger partial charge in [0.25, 0.3) is 5.56 Å². The van der Waals surface area contributed by atoms with Crippen molar-refractivity contribution in [2.45, 2.75) is 51.6 Å². The molecule has 0 amide bonds. The van der Waals surface area contributed by atoms with E-state index in [0.29, 0.717) is 18.3 Å². The number of aliphatic hydroxyl groups excluding tert-OH is 1. The summed E-state index contributed by atoms with van der Waals surface area (Å²) < 4.78 is 1.62. The van der Waals surface area contributed by atoms with Crippen LogP contribution in [-0.2, 0) is 6.54 Å². The summed E-state index contributed by atoms with van der Waals surface area (Å²) in [7, 11) is 0. The van der Waals surface area contributed by atoms with Gasteiger partial charge in [-0.3, -0.25) is 4.79 Å². The number of anilines is 1. The summed E-state index contributed by atoms with van der Waals surface area (Å²) in [6, 6.07) is 0. The van der Waals surface area contributed by atoms with Gasteiger partial charge < -0.3 is 15.0 Å². The molecule has 1 saturated carbocycles. The molecule has 1 heterocycles. The van der Waals surface area contributed by atoms with Crippen molar-refractivity contribution in [2.75, 3.05) is 11.9 Å². The molecular weight excluding hydrogens is 242 g/mol. The SMILES string of the molecule is CCn1ccnc(NC2(CO)CCCC(C)C2)c1=O. The third kappa shape index (κ3) is 2.97. The third-order valence-electron chi connectivity index (χ3n) is 4.03. The minimum atomic E-state index is -0.392. The maximum atomic E-state index is 12.2. The van der Waals surface area contributed by atoms with E-state index in [1.165, 1.54) is 6.42 Å². The summed E-state index contributed by atoms with van der Waals surface area (Å²) in [6.45, 7) is 4.78. The molecule has 19 heavy (non-hydrogen) atoms. The van der Waals surface area contributed by atoms with Crippen LogP contribution >= 0.6 is 0 Å². The van der Waals surface area contributed by atoms with Gasteiger partial charge in [0.15, 0.2) is 5.82 Å². The smallest absolute Gasteiger partial charge is 0.293 e. The molecule has 2 N–H and O–H groups in total. The highest BCUT2D eigenvalue weighted by Gasteiger charge is 2.35. The molecule has 1 aliphatic rings. The van der Waals surface area contributed by atoms with E-state index in [4.69, 9.17) is 0 Å². The number of aliphatic hydroxyl groups is 1. The molecule has 0 radical (unpaired) electrons.